The van der Waals surface area contributed by atoms with E-state index < -0.39 is 11.9 Å². The summed E-state index contributed by atoms with van der Waals surface area (Å²) in [5, 5.41) is 16.5. The largest absolute Gasteiger partial charge is 0.481 e. The molecule has 2 aromatic heterocycles. The van der Waals surface area contributed by atoms with Crippen LogP contribution in [0.5, 0.6) is 0 Å². The first-order valence-electron chi connectivity index (χ1n) is 8.99. The number of pyridine rings is 1. The number of carboxylic acids is 1. The Kier molecular flexibility index (Phi) is 4.54. The summed E-state index contributed by atoms with van der Waals surface area (Å²) in [6.45, 7) is 1.72. The Labute approximate surface area is 159 Å². The number of nitrogens with zero attached hydrogens (tertiary/aromatic N) is 2. The number of aryl methyl sites for hydroxylation is 1. The Bertz CT molecular complexity index is 1060. The fourth-order valence-corrected chi connectivity index (χ4v) is 3.64. The molecule has 1 saturated carbocycles. The molecule has 0 spiro atoms. The van der Waals surface area contributed by atoms with E-state index in [2.05, 4.69) is 15.5 Å². The summed E-state index contributed by atoms with van der Waals surface area (Å²) in [7, 11) is 0. The van der Waals surface area contributed by atoms with Crippen LogP contribution in [0.25, 0.3) is 22.4 Å². The van der Waals surface area contributed by atoms with Gasteiger partial charge >= 0.3 is 5.97 Å². The molecular formula is C20H18FN3O4. The second-order valence-corrected chi connectivity index (χ2v) is 7.03. The molecule has 4 rings (SSSR count). The second-order valence-electron chi connectivity index (χ2n) is 7.03. The van der Waals surface area contributed by atoms with Gasteiger partial charge in [0.2, 0.25) is 0 Å². The van der Waals surface area contributed by atoms with Crippen LogP contribution in [0.15, 0.2) is 34.9 Å². The van der Waals surface area contributed by atoms with Gasteiger partial charge in [0.1, 0.15) is 5.82 Å². The van der Waals surface area contributed by atoms with Crippen molar-refractivity contribution < 1.29 is 23.6 Å². The number of benzene rings is 1. The number of carbonyl (C=O) groups is 2. The fraction of sp³-hybridized carbons (Fsp3) is 0.300. The molecule has 7 nitrogen and oxygen atoms in total. The molecule has 1 aliphatic carbocycles. The average Bonchev–Trinajstić information content (AvgIpc) is 3.29. The molecule has 2 N–H and O–H groups in total. The van der Waals surface area contributed by atoms with Gasteiger partial charge in [0.15, 0.2) is 0 Å². The lowest BCUT2D eigenvalue weighted by Crippen LogP contribution is -2.33. The van der Waals surface area contributed by atoms with E-state index in [9.17, 15) is 14.0 Å². The molecule has 144 valence electrons. The number of aromatic nitrogens is 2. The van der Waals surface area contributed by atoms with Crippen molar-refractivity contribution in [3.8, 4) is 11.3 Å². The summed E-state index contributed by atoms with van der Waals surface area (Å²) in [5.41, 5.74) is 2.20. The van der Waals surface area contributed by atoms with Crippen molar-refractivity contribution in [2.24, 2.45) is 5.92 Å². The van der Waals surface area contributed by atoms with Crippen molar-refractivity contribution in [2.45, 2.75) is 32.2 Å². The number of rotatable bonds is 4. The number of hydrogen-bond acceptors (Lipinski definition) is 5. The molecule has 0 aliphatic heterocycles. The molecule has 0 bridgehead atoms. The monoisotopic (exact) mass is 383 g/mol. The average molecular weight is 383 g/mol. The van der Waals surface area contributed by atoms with E-state index in [4.69, 9.17) is 9.63 Å². The minimum absolute atomic E-state index is 0.203. The van der Waals surface area contributed by atoms with Crippen LogP contribution in [0.2, 0.25) is 0 Å². The summed E-state index contributed by atoms with van der Waals surface area (Å²) in [5.74, 6) is -1.97. The van der Waals surface area contributed by atoms with Gasteiger partial charge in [0.05, 0.1) is 28.3 Å². The molecule has 2 heterocycles. The number of amides is 1. The summed E-state index contributed by atoms with van der Waals surface area (Å²) in [6.07, 6.45) is 1.56. The number of carboxylic acid groups (broad SMARTS) is 1. The summed E-state index contributed by atoms with van der Waals surface area (Å²) in [6, 6.07) is 7.20. The third-order valence-electron chi connectivity index (χ3n) is 5.12. The van der Waals surface area contributed by atoms with E-state index in [0.717, 1.165) is 0 Å². The van der Waals surface area contributed by atoms with Crippen molar-refractivity contribution in [3.63, 3.8) is 0 Å². The number of carbonyl (C=O) groups excluding carboxylic acids is 1. The first-order chi connectivity index (χ1) is 13.4. The van der Waals surface area contributed by atoms with E-state index in [1.54, 1.807) is 25.1 Å². The highest BCUT2D eigenvalue weighted by Crippen LogP contribution is 2.29. The SMILES string of the molecule is Cc1noc2nc(-c3ccc(F)cc3)cc(C(=O)N[C@H]3CC[C@@H](C(=O)O)C3)c12. The molecular weight excluding hydrogens is 365 g/mol. The van der Waals surface area contributed by atoms with Crippen LogP contribution in [0.3, 0.4) is 0 Å². The lowest BCUT2D eigenvalue weighted by Gasteiger charge is -2.13. The zero-order chi connectivity index (χ0) is 19.8. The van der Waals surface area contributed by atoms with E-state index >= 15 is 0 Å². The number of hydrogen-bond donors (Lipinski definition) is 2. The minimum atomic E-state index is -0.837. The number of nitrogens with one attached hydrogen (secondary N) is 1. The van der Waals surface area contributed by atoms with Crippen molar-refractivity contribution in [1.29, 1.82) is 0 Å². The van der Waals surface area contributed by atoms with Gasteiger partial charge in [-0.25, -0.2) is 9.37 Å². The van der Waals surface area contributed by atoms with Crippen LogP contribution in [0.4, 0.5) is 4.39 Å². The van der Waals surface area contributed by atoms with E-state index in [1.807, 2.05) is 0 Å². The predicted octanol–water partition coefficient (Wildman–Crippen LogP) is 3.32. The molecule has 1 aromatic carbocycles. The van der Waals surface area contributed by atoms with Crippen LogP contribution in [-0.4, -0.2) is 33.2 Å². The topological polar surface area (TPSA) is 105 Å². The van der Waals surface area contributed by atoms with Gasteiger partial charge in [-0.3, -0.25) is 9.59 Å². The Hall–Kier alpha value is -3.29. The van der Waals surface area contributed by atoms with Crippen LogP contribution >= 0.6 is 0 Å². The van der Waals surface area contributed by atoms with Gasteiger partial charge in [-0.05, 0) is 56.5 Å². The molecule has 2 atom stereocenters. The van der Waals surface area contributed by atoms with E-state index in [1.165, 1.54) is 12.1 Å². The second kappa shape index (κ2) is 7.03. The van der Waals surface area contributed by atoms with Crippen LogP contribution in [0.1, 0.15) is 35.3 Å². The highest BCUT2D eigenvalue weighted by molar-refractivity contribution is 6.07. The van der Waals surface area contributed by atoms with Gasteiger partial charge in [0.25, 0.3) is 11.6 Å². The minimum Gasteiger partial charge on any atom is -0.481 e. The van der Waals surface area contributed by atoms with Crippen LogP contribution in [0, 0.1) is 18.7 Å². The predicted molar refractivity (Wildman–Crippen MR) is 98.2 cm³/mol. The van der Waals surface area contributed by atoms with Gasteiger partial charge < -0.3 is 14.9 Å². The summed E-state index contributed by atoms with van der Waals surface area (Å²) < 4.78 is 18.5. The van der Waals surface area contributed by atoms with Crippen molar-refractivity contribution in [3.05, 3.63) is 47.4 Å². The van der Waals surface area contributed by atoms with Crippen molar-refractivity contribution in [1.82, 2.24) is 15.5 Å². The molecule has 1 fully saturated rings. The van der Waals surface area contributed by atoms with Crippen LogP contribution < -0.4 is 5.32 Å². The van der Waals surface area contributed by atoms with Gasteiger partial charge in [-0.15, -0.1) is 0 Å². The molecule has 3 aromatic rings. The molecule has 0 saturated heterocycles. The zero-order valence-corrected chi connectivity index (χ0v) is 15.1. The Balaban J connectivity index is 1.69. The highest BCUT2D eigenvalue weighted by atomic mass is 19.1. The normalized spacial score (nSPS) is 19.1. The van der Waals surface area contributed by atoms with Crippen molar-refractivity contribution in [2.75, 3.05) is 0 Å². The molecule has 28 heavy (non-hydrogen) atoms. The molecule has 8 heteroatoms. The lowest BCUT2D eigenvalue weighted by atomic mass is 10.0. The fourth-order valence-electron chi connectivity index (χ4n) is 3.64. The highest BCUT2D eigenvalue weighted by Gasteiger charge is 2.31. The maximum absolute atomic E-state index is 13.2. The van der Waals surface area contributed by atoms with E-state index in [-0.39, 0.29) is 23.5 Å². The molecule has 1 aliphatic rings. The third kappa shape index (κ3) is 3.33. The Morgan fingerprint density at radius 2 is 2.00 bits per heavy atom. The van der Waals surface area contributed by atoms with Gasteiger partial charge in [0, 0.05) is 11.6 Å². The smallest absolute Gasteiger partial charge is 0.306 e. The zero-order valence-electron chi connectivity index (χ0n) is 15.1. The molecule has 0 unspecified atom stereocenters. The lowest BCUT2D eigenvalue weighted by molar-refractivity contribution is -0.141. The summed E-state index contributed by atoms with van der Waals surface area (Å²) >= 11 is 0. The first-order valence-corrected chi connectivity index (χ1v) is 8.99. The maximum Gasteiger partial charge on any atom is 0.306 e. The van der Waals surface area contributed by atoms with E-state index in [0.29, 0.717) is 47.2 Å². The number of fused-ring (bicyclic) bond motifs is 1. The number of aliphatic carboxylic acids is 1. The number of halogens is 1. The maximum atomic E-state index is 13.2. The third-order valence-corrected chi connectivity index (χ3v) is 5.12. The molecule has 0 radical (unpaired) electrons. The Morgan fingerprint density at radius 1 is 1.25 bits per heavy atom. The quantitative estimate of drug-likeness (QED) is 0.716. The summed E-state index contributed by atoms with van der Waals surface area (Å²) in [4.78, 5) is 28.5. The van der Waals surface area contributed by atoms with Crippen molar-refractivity contribution >= 4 is 23.0 Å². The molecule has 1 amide bonds. The van der Waals surface area contributed by atoms with Gasteiger partial charge in [-0.1, -0.05) is 5.16 Å². The van der Waals surface area contributed by atoms with Gasteiger partial charge in [-0.2, -0.15) is 0 Å². The standard InChI is InChI=1S/C20H18FN3O4/c1-10-17-15(18(25)22-14-7-4-12(8-14)20(26)27)9-16(23-19(17)28-24-10)11-2-5-13(21)6-3-11/h2-3,5-6,9,12,14H,4,7-8H2,1H3,(H,22,25)(H,26,27)/t12-,14+/m1/s1. The first kappa shape index (κ1) is 18.1. The van der Waals surface area contributed by atoms with Crippen LogP contribution in [-0.2, 0) is 4.79 Å². The Morgan fingerprint density at radius 3 is 2.68 bits per heavy atom.